The van der Waals surface area contributed by atoms with Crippen LogP contribution in [0.1, 0.15) is 19.3 Å². The van der Waals surface area contributed by atoms with E-state index in [-0.39, 0.29) is 0 Å². The summed E-state index contributed by atoms with van der Waals surface area (Å²) in [7, 11) is 3.94. The number of carboxylic acid groups (broad SMARTS) is 1. The lowest BCUT2D eigenvalue weighted by Gasteiger charge is -2.46. The molecule has 0 amide bonds. The highest BCUT2D eigenvalue weighted by Crippen LogP contribution is 2.29. The van der Waals surface area contributed by atoms with E-state index in [1.54, 1.807) is 7.05 Å². The van der Waals surface area contributed by atoms with Crippen LogP contribution in [0.25, 0.3) is 0 Å². The van der Waals surface area contributed by atoms with Gasteiger partial charge in [0.2, 0.25) is 0 Å². The summed E-state index contributed by atoms with van der Waals surface area (Å²) in [6.07, 6.45) is 3.75. The highest BCUT2D eigenvalue weighted by molar-refractivity contribution is 5.73. The first-order chi connectivity index (χ1) is 8.61. The normalized spacial score (nSPS) is 31.9. The summed E-state index contributed by atoms with van der Waals surface area (Å²) in [6, 6.07) is 0.274. The van der Waals surface area contributed by atoms with Crippen molar-refractivity contribution in [1.29, 1.82) is 0 Å². The van der Waals surface area contributed by atoms with Crippen molar-refractivity contribution >= 4 is 5.97 Å². The second kappa shape index (κ2) is 5.99. The quantitative estimate of drug-likeness (QED) is 0.745. The minimum atomic E-state index is -0.750. The minimum absolute atomic E-state index is 0.442. The molecule has 0 aromatic rings. The van der Waals surface area contributed by atoms with Crippen molar-refractivity contribution in [1.82, 2.24) is 15.1 Å². The van der Waals surface area contributed by atoms with Crippen LogP contribution in [0.4, 0.5) is 0 Å². The number of hydrogen-bond acceptors (Lipinski definition) is 4. The third-order valence-corrected chi connectivity index (χ3v) is 4.52. The molecule has 2 saturated heterocycles. The van der Waals surface area contributed by atoms with E-state index in [0.717, 1.165) is 19.0 Å². The fourth-order valence-corrected chi connectivity index (χ4v) is 3.44. The first-order valence-corrected chi connectivity index (χ1v) is 6.94. The van der Waals surface area contributed by atoms with Crippen LogP contribution in [0.15, 0.2) is 0 Å². The number of nitrogens with zero attached hydrogens (tertiary/aromatic N) is 2. The maximum Gasteiger partial charge on any atom is 0.322 e. The van der Waals surface area contributed by atoms with Crippen LogP contribution < -0.4 is 5.32 Å². The number of piperidine rings is 2. The van der Waals surface area contributed by atoms with Crippen LogP contribution in [-0.4, -0.2) is 73.2 Å². The molecule has 0 radical (unpaired) electrons. The Hall–Kier alpha value is -0.650. The molecule has 2 aliphatic heterocycles. The van der Waals surface area contributed by atoms with E-state index in [2.05, 4.69) is 22.2 Å². The van der Waals surface area contributed by atoms with Gasteiger partial charge in [-0.25, -0.2) is 0 Å². The number of fused-ring (bicyclic) bond motifs is 1. The predicted octanol–water partition coefficient (Wildman–Crippen LogP) is 0.0751. The van der Waals surface area contributed by atoms with Crippen molar-refractivity contribution in [3.8, 4) is 0 Å². The van der Waals surface area contributed by atoms with Crippen LogP contribution in [0.5, 0.6) is 0 Å². The smallest absolute Gasteiger partial charge is 0.322 e. The molecule has 0 spiro atoms. The van der Waals surface area contributed by atoms with Gasteiger partial charge >= 0.3 is 5.97 Å². The minimum Gasteiger partial charge on any atom is -0.480 e. The fourth-order valence-electron chi connectivity index (χ4n) is 3.44. The van der Waals surface area contributed by atoms with E-state index in [4.69, 9.17) is 5.11 Å². The molecule has 104 valence electrons. The molecule has 5 heteroatoms. The predicted molar refractivity (Wildman–Crippen MR) is 70.7 cm³/mol. The Bertz CT molecular complexity index is 298. The SMILES string of the molecule is CNC(CN1CCC2C(CCCN2C)C1)C(=O)O. The van der Waals surface area contributed by atoms with Crippen molar-refractivity contribution in [2.75, 3.05) is 40.3 Å². The molecule has 3 atom stereocenters. The molecular weight excluding hydrogens is 230 g/mol. The summed E-state index contributed by atoms with van der Waals surface area (Å²) < 4.78 is 0. The van der Waals surface area contributed by atoms with E-state index >= 15 is 0 Å². The maximum atomic E-state index is 11.0. The molecule has 0 aromatic carbocycles. The Morgan fingerprint density at radius 1 is 1.44 bits per heavy atom. The standard InChI is InChI=1S/C13H25N3O2/c1-14-11(13(17)18)9-16-7-5-12-10(8-16)4-3-6-15(12)2/h10-12,14H,3-9H2,1-2H3,(H,17,18). The first-order valence-electron chi connectivity index (χ1n) is 6.94. The molecule has 2 rings (SSSR count). The number of aliphatic carboxylic acids is 1. The lowest BCUT2D eigenvalue weighted by molar-refractivity contribution is -0.140. The fraction of sp³-hybridized carbons (Fsp3) is 0.923. The number of nitrogens with one attached hydrogen (secondary N) is 1. The zero-order valence-electron chi connectivity index (χ0n) is 11.4. The number of carbonyl (C=O) groups is 1. The van der Waals surface area contributed by atoms with Gasteiger partial charge in [0.25, 0.3) is 0 Å². The second-order valence-electron chi connectivity index (χ2n) is 5.68. The van der Waals surface area contributed by atoms with Gasteiger partial charge in [0.1, 0.15) is 6.04 Å². The van der Waals surface area contributed by atoms with Crippen molar-refractivity contribution in [3.05, 3.63) is 0 Å². The number of rotatable bonds is 4. The zero-order valence-corrected chi connectivity index (χ0v) is 11.4. The third kappa shape index (κ3) is 3.02. The summed E-state index contributed by atoms with van der Waals surface area (Å²) in [5.74, 6) is -0.0239. The summed E-state index contributed by atoms with van der Waals surface area (Å²) in [4.78, 5) is 15.8. The molecule has 0 saturated carbocycles. The van der Waals surface area contributed by atoms with Crippen molar-refractivity contribution in [2.45, 2.75) is 31.3 Å². The lowest BCUT2D eigenvalue weighted by Crippen LogP contribution is -2.55. The zero-order chi connectivity index (χ0) is 13.1. The van der Waals surface area contributed by atoms with Crippen LogP contribution in [0.2, 0.25) is 0 Å². The molecular formula is C13H25N3O2. The van der Waals surface area contributed by atoms with Gasteiger partial charge in [0.15, 0.2) is 0 Å². The number of carboxylic acids is 1. The summed E-state index contributed by atoms with van der Waals surface area (Å²) in [5.41, 5.74) is 0. The van der Waals surface area contributed by atoms with Gasteiger partial charge in [0.05, 0.1) is 0 Å². The van der Waals surface area contributed by atoms with Gasteiger partial charge in [0, 0.05) is 19.1 Å². The summed E-state index contributed by atoms with van der Waals surface area (Å²) in [6.45, 7) is 3.92. The van der Waals surface area contributed by atoms with E-state index in [9.17, 15) is 4.79 Å². The molecule has 5 nitrogen and oxygen atoms in total. The molecule has 2 N–H and O–H groups in total. The monoisotopic (exact) mass is 255 g/mol. The topological polar surface area (TPSA) is 55.8 Å². The summed E-state index contributed by atoms with van der Waals surface area (Å²) >= 11 is 0. The van der Waals surface area contributed by atoms with Crippen LogP contribution in [0.3, 0.4) is 0 Å². The van der Waals surface area contributed by atoms with E-state index in [0.29, 0.717) is 12.6 Å². The highest BCUT2D eigenvalue weighted by atomic mass is 16.4. The maximum absolute atomic E-state index is 11.0. The van der Waals surface area contributed by atoms with Crippen LogP contribution in [-0.2, 0) is 4.79 Å². The van der Waals surface area contributed by atoms with Gasteiger partial charge < -0.3 is 20.2 Å². The molecule has 3 unspecified atom stereocenters. The van der Waals surface area contributed by atoms with Gasteiger partial charge in [-0.05, 0) is 52.4 Å². The average Bonchev–Trinajstić information content (AvgIpc) is 2.35. The molecule has 18 heavy (non-hydrogen) atoms. The Balaban J connectivity index is 1.88. The third-order valence-electron chi connectivity index (χ3n) is 4.52. The van der Waals surface area contributed by atoms with E-state index < -0.39 is 12.0 Å². The Morgan fingerprint density at radius 3 is 2.89 bits per heavy atom. The Morgan fingerprint density at radius 2 is 2.22 bits per heavy atom. The molecule has 2 aliphatic rings. The Kier molecular flexibility index (Phi) is 4.59. The lowest BCUT2D eigenvalue weighted by atomic mass is 9.84. The molecule has 2 heterocycles. The van der Waals surface area contributed by atoms with Crippen molar-refractivity contribution < 1.29 is 9.90 Å². The van der Waals surface area contributed by atoms with Crippen molar-refractivity contribution in [2.24, 2.45) is 5.92 Å². The molecule has 0 aliphatic carbocycles. The number of likely N-dealkylation sites (tertiary alicyclic amines) is 2. The molecule has 2 fully saturated rings. The Labute approximate surface area is 109 Å². The molecule has 0 bridgehead atoms. The van der Waals surface area contributed by atoms with Crippen LogP contribution in [0, 0.1) is 5.92 Å². The van der Waals surface area contributed by atoms with E-state index in [1.807, 2.05) is 0 Å². The first kappa shape index (κ1) is 13.8. The van der Waals surface area contributed by atoms with Crippen LogP contribution >= 0.6 is 0 Å². The highest BCUT2D eigenvalue weighted by Gasteiger charge is 2.35. The summed E-state index contributed by atoms with van der Waals surface area (Å²) in [5, 5.41) is 12.0. The second-order valence-corrected chi connectivity index (χ2v) is 5.68. The van der Waals surface area contributed by atoms with Crippen molar-refractivity contribution in [3.63, 3.8) is 0 Å². The number of likely N-dealkylation sites (N-methyl/N-ethyl adjacent to an activating group) is 1. The number of hydrogen-bond donors (Lipinski definition) is 2. The molecule has 0 aromatic heterocycles. The van der Waals surface area contributed by atoms with Gasteiger partial charge in [-0.3, -0.25) is 4.79 Å². The van der Waals surface area contributed by atoms with Gasteiger partial charge in [-0.1, -0.05) is 0 Å². The van der Waals surface area contributed by atoms with Gasteiger partial charge in [-0.2, -0.15) is 0 Å². The largest absolute Gasteiger partial charge is 0.480 e. The average molecular weight is 255 g/mol. The van der Waals surface area contributed by atoms with E-state index in [1.165, 1.54) is 25.8 Å². The van der Waals surface area contributed by atoms with Gasteiger partial charge in [-0.15, -0.1) is 0 Å².